The second-order valence-corrected chi connectivity index (χ2v) is 4.93. The van der Waals surface area contributed by atoms with Crippen molar-refractivity contribution in [3.8, 4) is 0 Å². The third-order valence-corrected chi connectivity index (χ3v) is 3.64. The van der Waals surface area contributed by atoms with Gasteiger partial charge in [0.1, 0.15) is 5.82 Å². The van der Waals surface area contributed by atoms with Crippen molar-refractivity contribution in [2.24, 2.45) is 0 Å². The average Bonchev–Trinajstić information content (AvgIpc) is 2.37. The molecule has 2 rings (SSSR count). The standard InChI is InChI=1S/C15H20N2O/c1-6-11(3)17-12(4)16(5)15(18)13-9-10(2)7-8-14(13)17/h7-9,11H,4,6H2,1-3,5H3. The van der Waals surface area contributed by atoms with Crippen LogP contribution in [0, 0.1) is 6.92 Å². The molecular weight excluding hydrogens is 224 g/mol. The number of hydrogen-bond donors (Lipinski definition) is 0. The van der Waals surface area contributed by atoms with Gasteiger partial charge in [0.05, 0.1) is 11.3 Å². The average molecular weight is 244 g/mol. The molecule has 18 heavy (non-hydrogen) atoms. The van der Waals surface area contributed by atoms with Crippen molar-refractivity contribution < 1.29 is 4.79 Å². The van der Waals surface area contributed by atoms with Crippen LogP contribution in [0.2, 0.25) is 0 Å². The number of aryl methyl sites for hydroxylation is 1. The van der Waals surface area contributed by atoms with E-state index in [1.807, 2.05) is 25.1 Å². The Bertz CT molecular complexity index is 507. The van der Waals surface area contributed by atoms with E-state index in [1.54, 1.807) is 11.9 Å². The van der Waals surface area contributed by atoms with E-state index in [-0.39, 0.29) is 5.91 Å². The van der Waals surface area contributed by atoms with Gasteiger partial charge >= 0.3 is 0 Å². The van der Waals surface area contributed by atoms with Gasteiger partial charge in [0.25, 0.3) is 5.91 Å². The summed E-state index contributed by atoms with van der Waals surface area (Å²) < 4.78 is 0. The largest absolute Gasteiger partial charge is 0.325 e. The molecule has 1 aromatic rings. The Morgan fingerprint density at radius 3 is 2.67 bits per heavy atom. The van der Waals surface area contributed by atoms with Crippen LogP contribution in [0.5, 0.6) is 0 Å². The van der Waals surface area contributed by atoms with Gasteiger partial charge in [-0.15, -0.1) is 0 Å². The summed E-state index contributed by atoms with van der Waals surface area (Å²) in [5.74, 6) is 0.781. The summed E-state index contributed by atoms with van der Waals surface area (Å²) in [4.78, 5) is 16.1. The number of fused-ring (bicyclic) bond motifs is 1. The molecule has 96 valence electrons. The first-order valence-corrected chi connectivity index (χ1v) is 6.34. The molecule has 0 aromatic heterocycles. The number of amides is 1. The number of nitrogens with zero attached hydrogens (tertiary/aromatic N) is 2. The molecule has 1 amide bonds. The molecule has 1 aromatic carbocycles. The van der Waals surface area contributed by atoms with E-state index in [0.29, 0.717) is 6.04 Å². The quantitative estimate of drug-likeness (QED) is 0.798. The summed E-state index contributed by atoms with van der Waals surface area (Å²) in [7, 11) is 1.78. The minimum absolute atomic E-state index is 0.0262. The third-order valence-electron chi connectivity index (χ3n) is 3.64. The molecule has 1 aliphatic heterocycles. The van der Waals surface area contributed by atoms with Crippen LogP contribution >= 0.6 is 0 Å². The first-order chi connectivity index (χ1) is 8.47. The smallest absolute Gasteiger partial charge is 0.261 e. The van der Waals surface area contributed by atoms with Gasteiger partial charge in [-0.1, -0.05) is 25.1 Å². The molecule has 1 unspecified atom stereocenters. The van der Waals surface area contributed by atoms with Crippen LogP contribution < -0.4 is 4.90 Å². The highest BCUT2D eigenvalue weighted by Gasteiger charge is 2.32. The van der Waals surface area contributed by atoms with Gasteiger partial charge in [-0.2, -0.15) is 0 Å². The molecule has 0 saturated carbocycles. The second kappa shape index (κ2) is 4.48. The molecule has 3 heteroatoms. The van der Waals surface area contributed by atoms with E-state index in [2.05, 4.69) is 25.3 Å². The molecule has 1 aliphatic rings. The Balaban J connectivity index is 2.60. The molecule has 0 radical (unpaired) electrons. The lowest BCUT2D eigenvalue weighted by atomic mass is 10.0. The summed E-state index contributed by atoms with van der Waals surface area (Å²) in [6.45, 7) is 10.3. The maximum absolute atomic E-state index is 12.3. The maximum atomic E-state index is 12.3. The summed E-state index contributed by atoms with van der Waals surface area (Å²) in [6.07, 6.45) is 1.01. The summed E-state index contributed by atoms with van der Waals surface area (Å²) in [5.41, 5.74) is 2.85. The highest BCUT2D eigenvalue weighted by Crippen LogP contribution is 2.34. The van der Waals surface area contributed by atoms with Gasteiger partial charge in [0.2, 0.25) is 0 Å². The van der Waals surface area contributed by atoms with Gasteiger partial charge in [-0.25, -0.2) is 0 Å². The van der Waals surface area contributed by atoms with Crippen molar-refractivity contribution in [1.29, 1.82) is 0 Å². The van der Waals surface area contributed by atoms with E-state index in [9.17, 15) is 4.79 Å². The highest BCUT2D eigenvalue weighted by atomic mass is 16.2. The normalized spacial score (nSPS) is 16.9. The molecule has 0 aliphatic carbocycles. The zero-order valence-electron chi connectivity index (χ0n) is 11.5. The molecule has 1 heterocycles. The van der Waals surface area contributed by atoms with Crippen LogP contribution in [-0.4, -0.2) is 23.9 Å². The van der Waals surface area contributed by atoms with E-state index >= 15 is 0 Å². The van der Waals surface area contributed by atoms with Crippen LogP contribution in [0.25, 0.3) is 0 Å². The fourth-order valence-corrected chi connectivity index (χ4v) is 2.30. The van der Waals surface area contributed by atoms with Crippen molar-refractivity contribution in [2.45, 2.75) is 33.2 Å². The molecule has 3 nitrogen and oxygen atoms in total. The number of hydrogen-bond acceptors (Lipinski definition) is 2. The lowest BCUT2D eigenvalue weighted by Gasteiger charge is -2.41. The molecule has 1 atom stereocenters. The van der Waals surface area contributed by atoms with Crippen LogP contribution in [-0.2, 0) is 0 Å². The molecule has 0 N–H and O–H groups in total. The van der Waals surface area contributed by atoms with Gasteiger partial charge < -0.3 is 4.90 Å². The van der Waals surface area contributed by atoms with Crippen molar-refractivity contribution in [3.63, 3.8) is 0 Å². The zero-order valence-corrected chi connectivity index (χ0v) is 11.5. The number of rotatable bonds is 2. The predicted molar refractivity (Wildman–Crippen MR) is 74.6 cm³/mol. The van der Waals surface area contributed by atoms with E-state index in [0.717, 1.165) is 29.1 Å². The second-order valence-electron chi connectivity index (χ2n) is 4.93. The lowest BCUT2D eigenvalue weighted by Crippen LogP contribution is -2.45. The fourth-order valence-electron chi connectivity index (χ4n) is 2.30. The molecule has 0 fully saturated rings. The van der Waals surface area contributed by atoms with Crippen LogP contribution in [0.15, 0.2) is 30.6 Å². The molecule has 0 bridgehead atoms. The number of anilines is 1. The molecular formula is C15H20N2O. The Morgan fingerprint density at radius 1 is 1.39 bits per heavy atom. The van der Waals surface area contributed by atoms with Crippen LogP contribution in [0.3, 0.4) is 0 Å². The monoisotopic (exact) mass is 244 g/mol. The van der Waals surface area contributed by atoms with Crippen molar-refractivity contribution in [1.82, 2.24) is 4.90 Å². The first kappa shape index (κ1) is 12.7. The number of benzene rings is 1. The van der Waals surface area contributed by atoms with E-state index in [1.165, 1.54) is 0 Å². The third kappa shape index (κ3) is 1.80. The molecule has 0 saturated heterocycles. The minimum atomic E-state index is 0.0262. The number of carbonyl (C=O) groups excluding carboxylic acids is 1. The summed E-state index contributed by atoms with van der Waals surface area (Å²) in [6, 6.07) is 6.35. The van der Waals surface area contributed by atoms with Crippen molar-refractivity contribution in [2.75, 3.05) is 11.9 Å². The van der Waals surface area contributed by atoms with E-state index < -0.39 is 0 Å². The van der Waals surface area contributed by atoms with Crippen LogP contribution in [0.4, 0.5) is 5.69 Å². The zero-order chi connectivity index (χ0) is 13.4. The predicted octanol–water partition coefficient (Wildman–Crippen LogP) is 3.16. The van der Waals surface area contributed by atoms with Crippen molar-refractivity contribution >= 4 is 11.6 Å². The minimum Gasteiger partial charge on any atom is -0.325 e. The topological polar surface area (TPSA) is 23.6 Å². The van der Waals surface area contributed by atoms with Gasteiger partial charge in [0, 0.05) is 13.1 Å². The summed E-state index contributed by atoms with van der Waals surface area (Å²) in [5, 5.41) is 0. The SMILES string of the molecule is C=C1N(C)C(=O)c2cc(C)ccc2N1C(C)CC. The van der Waals surface area contributed by atoms with E-state index in [4.69, 9.17) is 0 Å². The van der Waals surface area contributed by atoms with Gasteiger partial charge in [-0.3, -0.25) is 9.69 Å². The maximum Gasteiger partial charge on any atom is 0.261 e. The summed E-state index contributed by atoms with van der Waals surface area (Å²) >= 11 is 0. The first-order valence-electron chi connectivity index (χ1n) is 6.34. The Kier molecular flexibility index (Phi) is 3.16. The Labute approximate surface area is 109 Å². The lowest BCUT2D eigenvalue weighted by molar-refractivity contribution is 0.0823. The molecule has 0 spiro atoms. The fraction of sp³-hybridized carbons (Fsp3) is 0.400. The van der Waals surface area contributed by atoms with Crippen molar-refractivity contribution in [3.05, 3.63) is 41.7 Å². The Morgan fingerprint density at radius 2 is 2.06 bits per heavy atom. The van der Waals surface area contributed by atoms with Gasteiger partial charge in [0.15, 0.2) is 0 Å². The van der Waals surface area contributed by atoms with Crippen LogP contribution in [0.1, 0.15) is 36.2 Å². The van der Waals surface area contributed by atoms with Gasteiger partial charge in [-0.05, 0) is 32.4 Å². The Hall–Kier alpha value is -1.77. The highest BCUT2D eigenvalue weighted by molar-refractivity contribution is 6.03. The number of carbonyl (C=O) groups is 1.